The number of hydrogen-bond donors (Lipinski definition) is 2. The van der Waals surface area contributed by atoms with Gasteiger partial charge in [-0.2, -0.15) is 0 Å². The molecule has 1 rings (SSSR count). The van der Waals surface area contributed by atoms with Crippen LogP contribution in [-0.2, 0) is 0 Å². The molecular formula is C13H18BrNO2. The maximum absolute atomic E-state index is 11.7. The van der Waals surface area contributed by atoms with Crippen LogP contribution in [0.1, 0.15) is 35.2 Å². The second-order valence-corrected chi connectivity index (χ2v) is 4.80. The first-order valence-electron chi connectivity index (χ1n) is 5.79. The number of benzene rings is 1. The van der Waals surface area contributed by atoms with Crippen molar-refractivity contribution >= 4 is 21.8 Å². The number of alkyl halides is 1. The summed E-state index contributed by atoms with van der Waals surface area (Å²) in [7, 11) is 0. The number of hydrogen-bond acceptors (Lipinski definition) is 2. The van der Waals surface area contributed by atoms with Crippen LogP contribution in [0.4, 0.5) is 0 Å². The van der Waals surface area contributed by atoms with Crippen LogP contribution < -0.4 is 5.32 Å². The Morgan fingerprint density at radius 1 is 1.35 bits per heavy atom. The highest BCUT2D eigenvalue weighted by molar-refractivity contribution is 9.09. The maximum atomic E-state index is 11.7. The molecule has 0 heterocycles. The van der Waals surface area contributed by atoms with E-state index in [0.29, 0.717) is 12.1 Å². The van der Waals surface area contributed by atoms with Crippen molar-refractivity contribution in [1.29, 1.82) is 0 Å². The summed E-state index contributed by atoms with van der Waals surface area (Å²) in [6.45, 7) is 2.48. The summed E-state index contributed by atoms with van der Waals surface area (Å²) in [5.41, 5.74) is 1.32. The van der Waals surface area contributed by atoms with Crippen LogP contribution in [0, 0.1) is 6.92 Å². The molecule has 1 amide bonds. The summed E-state index contributed by atoms with van der Waals surface area (Å²) in [5, 5.41) is 13.2. The monoisotopic (exact) mass is 299 g/mol. The molecule has 0 unspecified atom stereocenters. The van der Waals surface area contributed by atoms with Gasteiger partial charge in [0.05, 0.1) is 0 Å². The van der Waals surface area contributed by atoms with Gasteiger partial charge in [-0.1, -0.05) is 22.4 Å². The molecule has 1 aromatic rings. The molecule has 0 saturated carbocycles. The normalized spacial score (nSPS) is 10.2. The molecule has 0 aliphatic rings. The predicted molar refractivity (Wildman–Crippen MR) is 72.8 cm³/mol. The van der Waals surface area contributed by atoms with E-state index in [1.807, 2.05) is 0 Å². The first kappa shape index (κ1) is 14.0. The Labute approximate surface area is 110 Å². The van der Waals surface area contributed by atoms with E-state index in [-0.39, 0.29) is 11.7 Å². The summed E-state index contributed by atoms with van der Waals surface area (Å²) in [4.78, 5) is 11.7. The van der Waals surface area contributed by atoms with Crippen molar-refractivity contribution in [2.24, 2.45) is 0 Å². The second-order valence-electron chi connectivity index (χ2n) is 4.01. The van der Waals surface area contributed by atoms with Crippen LogP contribution in [0.5, 0.6) is 5.75 Å². The van der Waals surface area contributed by atoms with Gasteiger partial charge in [-0.3, -0.25) is 4.79 Å². The van der Waals surface area contributed by atoms with E-state index in [1.54, 1.807) is 25.1 Å². The molecule has 0 bridgehead atoms. The molecule has 0 aliphatic carbocycles. The molecule has 0 aliphatic heterocycles. The van der Waals surface area contributed by atoms with E-state index >= 15 is 0 Å². The van der Waals surface area contributed by atoms with Crippen molar-refractivity contribution in [3.63, 3.8) is 0 Å². The van der Waals surface area contributed by atoms with Gasteiger partial charge in [0.15, 0.2) is 0 Å². The van der Waals surface area contributed by atoms with Crippen LogP contribution >= 0.6 is 15.9 Å². The van der Waals surface area contributed by atoms with Crippen molar-refractivity contribution in [3.05, 3.63) is 29.3 Å². The Morgan fingerprint density at radius 2 is 2.12 bits per heavy atom. The number of unbranched alkanes of at least 4 members (excludes halogenated alkanes) is 2. The molecule has 1 aromatic carbocycles. The quantitative estimate of drug-likeness (QED) is 0.627. The maximum Gasteiger partial charge on any atom is 0.251 e. The lowest BCUT2D eigenvalue weighted by atomic mass is 10.1. The highest BCUT2D eigenvalue weighted by Crippen LogP contribution is 2.16. The topological polar surface area (TPSA) is 49.3 Å². The first-order chi connectivity index (χ1) is 8.15. The van der Waals surface area contributed by atoms with Crippen LogP contribution in [0.15, 0.2) is 18.2 Å². The Balaban J connectivity index is 2.39. The summed E-state index contributed by atoms with van der Waals surface area (Å²) >= 11 is 3.37. The highest BCUT2D eigenvalue weighted by atomic mass is 79.9. The van der Waals surface area contributed by atoms with Crippen LogP contribution in [0.2, 0.25) is 0 Å². The van der Waals surface area contributed by atoms with Gasteiger partial charge in [-0.15, -0.1) is 0 Å². The standard InChI is InChI=1S/C13H18BrNO2/c1-10-9-11(5-6-12(10)16)13(17)15-8-4-2-3-7-14/h5-6,9,16H,2-4,7-8H2,1H3,(H,15,17). The number of phenolic OH excluding ortho intramolecular Hbond substituents is 1. The Morgan fingerprint density at radius 3 is 2.76 bits per heavy atom. The van der Waals surface area contributed by atoms with Crippen molar-refractivity contribution in [2.75, 3.05) is 11.9 Å². The third-order valence-electron chi connectivity index (χ3n) is 2.55. The van der Waals surface area contributed by atoms with E-state index in [0.717, 1.165) is 30.2 Å². The van der Waals surface area contributed by atoms with Gasteiger partial charge in [0.1, 0.15) is 5.75 Å². The minimum absolute atomic E-state index is 0.0769. The fourth-order valence-corrected chi connectivity index (χ4v) is 1.89. The van der Waals surface area contributed by atoms with Gasteiger partial charge in [-0.25, -0.2) is 0 Å². The van der Waals surface area contributed by atoms with Gasteiger partial charge in [-0.05, 0) is 43.5 Å². The van der Waals surface area contributed by atoms with Gasteiger partial charge in [0, 0.05) is 17.4 Å². The van der Waals surface area contributed by atoms with Gasteiger partial charge in [0.25, 0.3) is 5.91 Å². The zero-order valence-corrected chi connectivity index (χ0v) is 11.6. The molecular weight excluding hydrogens is 282 g/mol. The predicted octanol–water partition coefficient (Wildman–Crippen LogP) is 3.00. The molecule has 0 radical (unpaired) electrons. The minimum Gasteiger partial charge on any atom is -0.508 e. The zero-order chi connectivity index (χ0) is 12.7. The molecule has 17 heavy (non-hydrogen) atoms. The lowest BCUT2D eigenvalue weighted by Crippen LogP contribution is -2.24. The van der Waals surface area contributed by atoms with Crippen molar-refractivity contribution < 1.29 is 9.90 Å². The molecule has 4 heteroatoms. The number of phenols is 1. The number of rotatable bonds is 6. The Bertz CT molecular complexity index is 380. The van der Waals surface area contributed by atoms with Crippen LogP contribution in [-0.4, -0.2) is 22.9 Å². The SMILES string of the molecule is Cc1cc(C(=O)NCCCCCBr)ccc1O. The fourth-order valence-electron chi connectivity index (χ4n) is 1.50. The Hall–Kier alpha value is -1.03. The second kappa shape index (κ2) is 7.33. The zero-order valence-electron chi connectivity index (χ0n) is 10.0. The average Bonchev–Trinajstić information content (AvgIpc) is 2.32. The first-order valence-corrected chi connectivity index (χ1v) is 6.91. The summed E-state index contributed by atoms with van der Waals surface area (Å²) < 4.78 is 0. The number of amides is 1. The molecule has 0 saturated heterocycles. The third-order valence-corrected chi connectivity index (χ3v) is 3.12. The summed E-state index contributed by atoms with van der Waals surface area (Å²) in [6.07, 6.45) is 3.24. The van der Waals surface area contributed by atoms with E-state index in [1.165, 1.54) is 0 Å². The van der Waals surface area contributed by atoms with Gasteiger partial charge < -0.3 is 10.4 Å². The minimum atomic E-state index is -0.0769. The number of nitrogens with one attached hydrogen (secondary N) is 1. The number of carbonyl (C=O) groups excluding carboxylic acids is 1. The van der Waals surface area contributed by atoms with Crippen molar-refractivity contribution in [3.8, 4) is 5.75 Å². The third kappa shape index (κ3) is 4.77. The molecule has 0 fully saturated rings. The van der Waals surface area contributed by atoms with E-state index in [2.05, 4.69) is 21.2 Å². The largest absolute Gasteiger partial charge is 0.508 e. The van der Waals surface area contributed by atoms with Crippen molar-refractivity contribution in [1.82, 2.24) is 5.32 Å². The van der Waals surface area contributed by atoms with E-state index in [4.69, 9.17) is 0 Å². The number of aryl methyl sites for hydroxylation is 1. The number of carbonyl (C=O) groups is 1. The molecule has 0 aromatic heterocycles. The summed E-state index contributed by atoms with van der Waals surface area (Å²) in [6, 6.07) is 4.88. The van der Waals surface area contributed by atoms with Gasteiger partial charge >= 0.3 is 0 Å². The van der Waals surface area contributed by atoms with Crippen molar-refractivity contribution in [2.45, 2.75) is 26.2 Å². The molecule has 2 N–H and O–H groups in total. The fraction of sp³-hybridized carbons (Fsp3) is 0.462. The molecule has 3 nitrogen and oxygen atoms in total. The lowest BCUT2D eigenvalue weighted by molar-refractivity contribution is 0.0953. The van der Waals surface area contributed by atoms with E-state index < -0.39 is 0 Å². The lowest BCUT2D eigenvalue weighted by Gasteiger charge is -2.06. The smallest absolute Gasteiger partial charge is 0.251 e. The number of halogens is 1. The summed E-state index contributed by atoms with van der Waals surface area (Å²) in [5.74, 6) is 0.144. The Kier molecular flexibility index (Phi) is 6.05. The molecule has 0 atom stereocenters. The van der Waals surface area contributed by atoms with Crippen LogP contribution in [0.25, 0.3) is 0 Å². The molecule has 94 valence electrons. The average molecular weight is 300 g/mol. The number of aromatic hydroxyl groups is 1. The highest BCUT2D eigenvalue weighted by Gasteiger charge is 2.06. The van der Waals surface area contributed by atoms with E-state index in [9.17, 15) is 9.90 Å². The van der Waals surface area contributed by atoms with Gasteiger partial charge in [0.2, 0.25) is 0 Å². The van der Waals surface area contributed by atoms with Crippen LogP contribution in [0.3, 0.4) is 0 Å². The molecule has 0 spiro atoms.